The molecule has 1 atom stereocenters. The third-order valence-electron chi connectivity index (χ3n) is 3.59. The number of non-ortho nitro benzene ring substituents is 1. The number of amides is 1. The highest BCUT2D eigenvalue weighted by molar-refractivity contribution is 6.44. The van der Waals surface area contributed by atoms with Crippen LogP contribution in [0.25, 0.3) is 0 Å². The number of likely N-dealkylation sites (tertiary alicyclic amines) is 1. The predicted octanol–water partition coefficient (Wildman–Crippen LogP) is 2.71. The van der Waals surface area contributed by atoms with Crippen molar-refractivity contribution in [3.05, 3.63) is 37.9 Å². The van der Waals surface area contributed by atoms with Crippen LogP contribution in [0.1, 0.15) is 23.2 Å². The number of hydrogen-bond acceptors (Lipinski definition) is 4. The van der Waals surface area contributed by atoms with Crippen molar-refractivity contribution >= 4 is 34.8 Å². The fourth-order valence-corrected chi connectivity index (χ4v) is 2.85. The summed E-state index contributed by atoms with van der Waals surface area (Å²) in [6.07, 6.45) is 1.83. The van der Waals surface area contributed by atoms with E-state index in [0.717, 1.165) is 18.9 Å². The normalized spacial score (nSPS) is 18.6. The smallest absolute Gasteiger partial charge is 0.271 e. The van der Waals surface area contributed by atoms with Crippen LogP contribution < -0.4 is 5.73 Å². The van der Waals surface area contributed by atoms with Gasteiger partial charge in [-0.05, 0) is 25.3 Å². The van der Waals surface area contributed by atoms with Gasteiger partial charge in [0.25, 0.3) is 11.6 Å². The molecule has 0 bridgehead atoms. The Morgan fingerprint density at radius 3 is 2.81 bits per heavy atom. The molecule has 0 aromatic heterocycles. The van der Waals surface area contributed by atoms with E-state index >= 15 is 0 Å². The fourth-order valence-electron chi connectivity index (χ4n) is 2.45. The van der Waals surface area contributed by atoms with Crippen LogP contribution in [0, 0.1) is 16.0 Å². The van der Waals surface area contributed by atoms with Crippen molar-refractivity contribution < 1.29 is 9.72 Å². The van der Waals surface area contributed by atoms with E-state index in [-0.39, 0.29) is 33.1 Å². The second kappa shape index (κ2) is 6.60. The Bertz CT molecular complexity index is 580. The molecule has 1 heterocycles. The average Bonchev–Trinajstić information content (AvgIpc) is 2.49. The summed E-state index contributed by atoms with van der Waals surface area (Å²) in [5.41, 5.74) is 5.46. The quantitative estimate of drug-likeness (QED) is 0.681. The molecule has 0 spiro atoms. The van der Waals surface area contributed by atoms with Gasteiger partial charge in [-0.25, -0.2) is 0 Å². The Labute approximate surface area is 132 Å². The first-order valence-corrected chi connectivity index (χ1v) is 7.32. The first-order chi connectivity index (χ1) is 9.93. The lowest BCUT2D eigenvalue weighted by atomic mass is 9.97. The van der Waals surface area contributed by atoms with Crippen molar-refractivity contribution in [2.45, 2.75) is 12.8 Å². The van der Waals surface area contributed by atoms with Crippen LogP contribution in [-0.4, -0.2) is 35.4 Å². The standard InChI is InChI=1S/C13H15Cl2N3O3/c14-11-5-9(18(20)21)4-10(12(11)15)13(19)17-3-1-2-8(6-16)7-17/h4-5,8H,1-3,6-7,16H2. The number of nitrogens with two attached hydrogens (primary N) is 1. The Kier molecular flexibility index (Phi) is 5.03. The number of nitro benzene ring substituents is 1. The second-order valence-electron chi connectivity index (χ2n) is 5.04. The van der Waals surface area contributed by atoms with Gasteiger partial charge in [-0.2, -0.15) is 0 Å². The molecule has 1 aromatic rings. The lowest BCUT2D eigenvalue weighted by Crippen LogP contribution is -2.42. The first-order valence-electron chi connectivity index (χ1n) is 6.56. The molecule has 21 heavy (non-hydrogen) atoms. The SMILES string of the molecule is NCC1CCCN(C(=O)c2cc([N+](=O)[O-])cc(Cl)c2Cl)C1. The number of carbonyl (C=O) groups excluding carboxylic acids is 1. The topological polar surface area (TPSA) is 89.5 Å². The lowest BCUT2D eigenvalue weighted by Gasteiger charge is -2.32. The highest BCUT2D eigenvalue weighted by atomic mass is 35.5. The van der Waals surface area contributed by atoms with Crippen LogP contribution in [0.15, 0.2) is 12.1 Å². The summed E-state index contributed by atoms with van der Waals surface area (Å²) in [6.45, 7) is 1.63. The van der Waals surface area contributed by atoms with Crippen LogP contribution in [0.3, 0.4) is 0 Å². The molecule has 8 heteroatoms. The molecule has 1 fully saturated rings. The molecule has 2 rings (SSSR count). The van der Waals surface area contributed by atoms with Crippen molar-refractivity contribution in [2.75, 3.05) is 19.6 Å². The molecule has 1 unspecified atom stereocenters. The Morgan fingerprint density at radius 1 is 1.48 bits per heavy atom. The average molecular weight is 332 g/mol. The minimum absolute atomic E-state index is 0.00148. The van der Waals surface area contributed by atoms with Gasteiger partial charge in [0.2, 0.25) is 0 Å². The van der Waals surface area contributed by atoms with Gasteiger partial charge in [-0.1, -0.05) is 23.2 Å². The second-order valence-corrected chi connectivity index (χ2v) is 5.83. The Balaban J connectivity index is 2.32. The highest BCUT2D eigenvalue weighted by Crippen LogP contribution is 2.32. The Morgan fingerprint density at radius 2 is 2.19 bits per heavy atom. The van der Waals surface area contributed by atoms with Crippen molar-refractivity contribution in [1.29, 1.82) is 0 Å². The summed E-state index contributed by atoms with van der Waals surface area (Å²) in [6, 6.07) is 2.31. The fraction of sp³-hybridized carbons (Fsp3) is 0.462. The molecule has 6 nitrogen and oxygen atoms in total. The third-order valence-corrected chi connectivity index (χ3v) is 4.40. The number of rotatable bonds is 3. The van der Waals surface area contributed by atoms with Crippen LogP contribution >= 0.6 is 23.2 Å². The van der Waals surface area contributed by atoms with Gasteiger partial charge < -0.3 is 10.6 Å². The minimum atomic E-state index is -0.599. The molecular formula is C13H15Cl2N3O3. The molecular weight excluding hydrogens is 317 g/mol. The summed E-state index contributed by atoms with van der Waals surface area (Å²) in [5, 5.41) is 10.9. The number of carbonyl (C=O) groups is 1. The number of halogens is 2. The van der Waals surface area contributed by atoms with Crippen LogP contribution in [0.5, 0.6) is 0 Å². The monoisotopic (exact) mass is 331 g/mol. The van der Waals surface area contributed by atoms with Gasteiger partial charge in [0.05, 0.1) is 20.5 Å². The molecule has 0 saturated carbocycles. The van der Waals surface area contributed by atoms with E-state index in [0.29, 0.717) is 19.6 Å². The molecule has 2 N–H and O–H groups in total. The van der Waals surface area contributed by atoms with Crippen LogP contribution in [0.4, 0.5) is 5.69 Å². The zero-order valence-corrected chi connectivity index (χ0v) is 12.7. The maximum atomic E-state index is 12.5. The molecule has 0 aliphatic carbocycles. The molecule has 1 aliphatic heterocycles. The lowest BCUT2D eigenvalue weighted by molar-refractivity contribution is -0.384. The van der Waals surface area contributed by atoms with Gasteiger partial charge in [0, 0.05) is 25.2 Å². The summed E-state index contributed by atoms with van der Waals surface area (Å²) in [5.74, 6) is -0.0978. The minimum Gasteiger partial charge on any atom is -0.338 e. The Hall–Kier alpha value is -1.37. The zero-order valence-electron chi connectivity index (χ0n) is 11.2. The van der Waals surface area contributed by atoms with E-state index in [9.17, 15) is 14.9 Å². The van der Waals surface area contributed by atoms with E-state index < -0.39 is 4.92 Å². The number of piperidine rings is 1. The summed E-state index contributed by atoms with van der Waals surface area (Å²) < 4.78 is 0. The van der Waals surface area contributed by atoms with Crippen molar-refractivity contribution in [2.24, 2.45) is 11.7 Å². The van der Waals surface area contributed by atoms with Crippen molar-refractivity contribution in [1.82, 2.24) is 4.90 Å². The van der Waals surface area contributed by atoms with Crippen molar-refractivity contribution in [3.63, 3.8) is 0 Å². The van der Waals surface area contributed by atoms with Crippen LogP contribution in [0.2, 0.25) is 10.0 Å². The number of nitrogens with zero attached hydrogens (tertiary/aromatic N) is 2. The van der Waals surface area contributed by atoms with Gasteiger partial charge in [0.15, 0.2) is 0 Å². The van der Waals surface area contributed by atoms with Gasteiger partial charge in [-0.15, -0.1) is 0 Å². The summed E-state index contributed by atoms with van der Waals surface area (Å²) >= 11 is 11.9. The summed E-state index contributed by atoms with van der Waals surface area (Å²) in [4.78, 5) is 24.4. The zero-order chi connectivity index (χ0) is 15.6. The molecule has 0 radical (unpaired) electrons. The van der Waals surface area contributed by atoms with E-state index in [1.807, 2.05) is 0 Å². The highest BCUT2D eigenvalue weighted by Gasteiger charge is 2.27. The van der Waals surface area contributed by atoms with E-state index in [1.165, 1.54) is 6.07 Å². The number of nitro groups is 1. The van der Waals surface area contributed by atoms with Gasteiger partial charge in [-0.3, -0.25) is 14.9 Å². The van der Waals surface area contributed by atoms with Gasteiger partial charge in [0.1, 0.15) is 0 Å². The maximum Gasteiger partial charge on any atom is 0.271 e. The number of hydrogen-bond donors (Lipinski definition) is 1. The van der Waals surface area contributed by atoms with E-state index in [4.69, 9.17) is 28.9 Å². The van der Waals surface area contributed by atoms with E-state index in [1.54, 1.807) is 4.90 Å². The molecule has 1 saturated heterocycles. The maximum absolute atomic E-state index is 12.5. The molecule has 1 amide bonds. The predicted molar refractivity (Wildman–Crippen MR) is 80.8 cm³/mol. The number of benzene rings is 1. The first kappa shape index (κ1) is 16.0. The molecule has 114 valence electrons. The van der Waals surface area contributed by atoms with Crippen molar-refractivity contribution in [3.8, 4) is 0 Å². The third kappa shape index (κ3) is 3.45. The summed E-state index contributed by atoms with van der Waals surface area (Å²) in [7, 11) is 0. The van der Waals surface area contributed by atoms with E-state index in [2.05, 4.69) is 0 Å². The molecule has 1 aliphatic rings. The van der Waals surface area contributed by atoms with Gasteiger partial charge >= 0.3 is 0 Å². The van der Waals surface area contributed by atoms with Crippen LogP contribution in [-0.2, 0) is 0 Å². The molecule has 1 aromatic carbocycles. The largest absolute Gasteiger partial charge is 0.338 e.